The quantitative estimate of drug-likeness (QED) is 0.777. The van der Waals surface area contributed by atoms with E-state index < -0.39 is 0 Å². The zero-order valence-corrected chi connectivity index (χ0v) is 11.4. The highest BCUT2D eigenvalue weighted by Gasteiger charge is 2.03. The van der Waals surface area contributed by atoms with Crippen molar-refractivity contribution in [1.29, 1.82) is 0 Å². The average molecular weight is 260 g/mol. The average Bonchev–Trinajstić information content (AvgIpc) is 2.41. The molecule has 0 aromatic heterocycles. The van der Waals surface area contributed by atoms with Crippen LogP contribution in [0.4, 0.5) is 0 Å². The van der Waals surface area contributed by atoms with E-state index >= 15 is 0 Å². The molecule has 102 valence electrons. The lowest BCUT2D eigenvalue weighted by Crippen LogP contribution is -2.28. The standard InChI is InChI=1S/C15H20N2O2/c1-12(2)19-11-15(18)17-10-14-6-3-5-13(9-14)7-4-8-16/h3,5-6,9,12H,8,10-11,16H2,1-2H3,(H,17,18). The summed E-state index contributed by atoms with van der Waals surface area (Å²) in [6, 6.07) is 7.70. The van der Waals surface area contributed by atoms with Crippen molar-refractivity contribution in [2.24, 2.45) is 5.73 Å². The highest BCUT2D eigenvalue weighted by molar-refractivity contribution is 5.77. The van der Waals surface area contributed by atoms with Crippen LogP contribution in [-0.4, -0.2) is 25.2 Å². The maximum atomic E-state index is 11.5. The van der Waals surface area contributed by atoms with Gasteiger partial charge >= 0.3 is 0 Å². The van der Waals surface area contributed by atoms with Gasteiger partial charge in [-0.2, -0.15) is 0 Å². The largest absolute Gasteiger partial charge is 0.369 e. The maximum absolute atomic E-state index is 11.5. The predicted octanol–water partition coefficient (Wildman–Crippen LogP) is 1.04. The van der Waals surface area contributed by atoms with Gasteiger partial charge < -0.3 is 15.8 Å². The van der Waals surface area contributed by atoms with Gasteiger partial charge in [-0.05, 0) is 31.5 Å². The molecule has 0 saturated carbocycles. The number of nitrogens with one attached hydrogen (secondary N) is 1. The molecule has 0 aliphatic rings. The summed E-state index contributed by atoms with van der Waals surface area (Å²) in [6.07, 6.45) is 0.0561. The first-order valence-electron chi connectivity index (χ1n) is 6.28. The van der Waals surface area contributed by atoms with E-state index in [1.807, 2.05) is 38.1 Å². The predicted molar refractivity (Wildman–Crippen MR) is 75.3 cm³/mol. The molecule has 1 amide bonds. The van der Waals surface area contributed by atoms with Gasteiger partial charge in [-0.1, -0.05) is 24.0 Å². The van der Waals surface area contributed by atoms with Gasteiger partial charge in [0.1, 0.15) is 6.61 Å². The molecule has 1 rings (SSSR count). The van der Waals surface area contributed by atoms with Crippen LogP contribution >= 0.6 is 0 Å². The molecule has 0 atom stereocenters. The summed E-state index contributed by atoms with van der Waals surface area (Å²) < 4.78 is 5.22. The second kappa shape index (κ2) is 8.30. The number of nitrogens with two attached hydrogens (primary N) is 1. The Bertz CT molecular complexity index is 473. The van der Waals surface area contributed by atoms with Crippen molar-refractivity contribution >= 4 is 5.91 Å². The number of carbonyl (C=O) groups is 1. The van der Waals surface area contributed by atoms with Gasteiger partial charge in [0.15, 0.2) is 0 Å². The second-order valence-corrected chi connectivity index (χ2v) is 4.34. The minimum Gasteiger partial charge on any atom is -0.369 e. The molecule has 1 aromatic rings. The molecule has 0 bridgehead atoms. The van der Waals surface area contributed by atoms with Crippen molar-refractivity contribution in [3.63, 3.8) is 0 Å². The second-order valence-electron chi connectivity index (χ2n) is 4.34. The third-order valence-electron chi connectivity index (χ3n) is 2.30. The number of benzene rings is 1. The first-order chi connectivity index (χ1) is 9.11. The molecule has 0 aliphatic heterocycles. The van der Waals surface area contributed by atoms with E-state index in [1.165, 1.54) is 0 Å². The molecule has 0 spiro atoms. The monoisotopic (exact) mass is 260 g/mol. The third-order valence-corrected chi connectivity index (χ3v) is 2.30. The van der Waals surface area contributed by atoms with Crippen molar-refractivity contribution in [1.82, 2.24) is 5.32 Å². The molecule has 0 heterocycles. The Morgan fingerprint density at radius 1 is 1.47 bits per heavy atom. The van der Waals surface area contributed by atoms with Crippen LogP contribution in [0.5, 0.6) is 0 Å². The lowest BCUT2D eigenvalue weighted by atomic mass is 10.1. The molecule has 3 N–H and O–H groups in total. The Kier molecular flexibility index (Phi) is 6.65. The van der Waals surface area contributed by atoms with Gasteiger partial charge in [0.25, 0.3) is 0 Å². The van der Waals surface area contributed by atoms with Gasteiger partial charge in [-0.3, -0.25) is 4.79 Å². The number of ether oxygens (including phenoxy) is 1. The fourth-order valence-electron chi connectivity index (χ4n) is 1.41. The number of amides is 1. The van der Waals surface area contributed by atoms with Crippen molar-refractivity contribution in [3.8, 4) is 11.8 Å². The highest BCUT2D eigenvalue weighted by atomic mass is 16.5. The lowest BCUT2D eigenvalue weighted by molar-refractivity contribution is -0.127. The first kappa shape index (κ1) is 15.2. The Morgan fingerprint density at radius 3 is 2.95 bits per heavy atom. The molecule has 0 unspecified atom stereocenters. The van der Waals surface area contributed by atoms with Crippen LogP contribution in [-0.2, 0) is 16.1 Å². The summed E-state index contributed by atoms with van der Waals surface area (Å²) in [7, 11) is 0. The van der Waals surface area contributed by atoms with Crippen LogP contribution in [0.15, 0.2) is 24.3 Å². The van der Waals surface area contributed by atoms with Crippen molar-refractivity contribution in [2.45, 2.75) is 26.5 Å². The molecule has 0 saturated heterocycles. The van der Waals surface area contributed by atoms with Crippen molar-refractivity contribution in [2.75, 3.05) is 13.2 Å². The molecule has 1 aromatic carbocycles. The van der Waals surface area contributed by atoms with Gasteiger partial charge in [-0.15, -0.1) is 0 Å². The van der Waals surface area contributed by atoms with Gasteiger partial charge in [-0.25, -0.2) is 0 Å². The maximum Gasteiger partial charge on any atom is 0.246 e. The Hall–Kier alpha value is -1.83. The van der Waals surface area contributed by atoms with Crippen LogP contribution in [0.2, 0.25) is 0 Å². The van der Waals surface area contributed by atoms with E-state index in [-0.39, 0.29) is 18.6 Å². The summed E-state index contributed by atoms with van der Waals surface area (Å²) >= 11 is 0. The van der Waals surface area contributed by atoms with E-state index in [2.05, 4.69) is 17.2 Å². The smallest absolute Gasteiger partial charge is 0.246 e. The van der Waals surface area contributed by atoms with Gasteiger partial charge in [0, 0.05) is 12.1 Å². The SMILES string of the molecule is CC(C)OCC(=O)NCc1cccc(C#CCN)c1. The number of hydrogen-bond acceptors (Lipinski definition) is 3. The molecule has 0 aliphatic carbocycles. The normalized spacial score (nSPS) is 9.89. The minimum absolute atomic E-state index is 0.0561. The topological polar surface area (TPSA) is 64.3 Å². The van der Waals surface area contributed by atoms with Crippen LogP contribution in [0.25, 0.3) is 0 Å². The van der Waals surface area contributed by atoms with Crippen molar-refractivity contribution in [3.05, 3.63) is 35.4 Å². The zero-order valence-electron chi connectivity index (χ0n) is 11.4. The lowest BCUT2D eigenvalue weighted by Gasteiger charge is -2.08. The highest BCUT2D eigenvalue weighted by Crippen LogP contribution is 2.03. The van der Waals surface area contributed by atoms with Gasteiger partial charge in [0.05, 0.1) is 12.6 Å². The summed E-state index contributed by atoms with van der Waals surface area (Å²) in [5.74, 6) is 5.64. The van der Waals surface area contributed by atoms with E-state index in [0.717, 1.165) is 11.1 Å². The minimum atomic E-state index is -0.118. The number of rotatable bonds is 5. The van der Waals surface area contributed by atoms with Crippen molar-refractivity contribution < 1.29 is 9.53 Å². The molecular formula is C15H20N2O2. The molecule has 0 fully saturated rings. The summed E-state index contributed by atoms with van der Waals surface area (Å²) in [6.45, 7) is 4.69. The fourth-order valence-corrected chi connectivity index (χ4v) is 1.41. The molecule has 4 heteroatoms. The molecule has 4 nitrogen and oxygen atoms in total. The van der Waals surface area contributed by atoms with Crippen LogP contribution in [0.3, 0.4) is 0 Å². The third kappa shape index (κ3) is 6.61. The number of carbonyl (C=O) groups excluding carboxylic acids is 1. The van der Waals surface area contributed by atoms with Gasteiger partial charge in [0.2, 0.25) is 5.91 Å². The Morgan fingerprint density at radius 2 is 2.26 bits per heavy atom. The van der Waals surface area contributed by atoms with Crippen LogP contribution in [0.1, 0.15) is 25.0 Å². The zero-order chi connectivity index (χ0) is 14.1. The Labute approximate surface area is 114 Å². The van der Waals surface area contributed by atoms with Crippen LogP contribution < -0.4 is 11.1 Å². The number of hydrogen-bond donors (Lipinski definition) is 2. The summed E-state index contributed by atoms with van der Waals surface area (Å²) in [5.41, 5.74) is 7.23. The van der Waals surface area contributed by atoms with Crippen LogP contribution in [0, 0.1) is 11.8 Å². The Balaban J connectivity index is 2.47. The molecule has 19 heavy (non-hydrogen) atoms. The van der Waals surface area contributed by atoms with E-state index in [9.17, 15) is 4.79 Å². The summed E-state index contributed by atoms with van der Waals surface area (Å²) in [4.78, 5) is 11.5. The molecular weight excluding hydrogens is 240 g/mol. The van der Waals surface area contributed by atoms with E-state index in [4.69, 9.17) is 10.5 Å². The first-order valence-corrected chi connectivity index (χ1v) is 6.28. The molecule has 0 radical (unpaired) electrons. The van der Waals surface area contributed by atoms with E-state index in [0.29, 0.717) is 13.1 Å². The van der Waals surface area contributed by atoms with E-state index in [1.54, 1.807) is 0 Å². The summed E-state index contributed by atoms with van der Waals surface area (Å²) in [5, 5.41) is 2.80. The fraction of sp³-hybridized carbons (Fsp3) is 0.400.